The molecule has 1 amide bonds. The van der Waals surface area contributed by atoms with Crippen LogP contribution < -0.4 is 19.1 Å². The Kier molecular flexibility index (Phi) is 7.08. The Morgan fingerprint density at radius 3 is 2.32 bits per heavy atom. The van der Waals surface area contributed by atoms with Crippen LogP contribution >= 0.6 is 11.3 Å². The molecule has 0 saturated carbocycles. The molecule has 0 atom stereocenters. The Hall–Kier alpha value is -3.91. The van der Waals surface area contributed by atoms with Crippen LogP contribution in [0.25, 0.3) is 16.3 Å². The van der Waals surface area contributed by atoms with Crippen molar-refractivity contribution in [3.8, 4) is 17.2 Å². The van der Waals surface area contributed by atoms with Gasteiger partial charge in [0.1, 0.15) is 11.3 Å². The first-order chi connectivity index (χ1) is 16.5. The van der Waals surface area contributed by atoms with Crippen LogP contribution in [0.5, 0.6) is 17.2 Å². The molecule has 0 aliphatic rings. The molecule has 1 heterocycles. The van der Waals surface area contributed by atoms with Crippen molar-refractivity contribution in [3.63, 3.8) is 0 Å². The van der Waals surface area contributed by atoms with Gasteiger partial charge in [-0.1, -0.05) is 47.7 Å². The lowest BCUT2D eigenvalue weighted by molar-refractivity contribution is -0.114. The van der Waals surface area contributed by atoms with Crippen molar-refractivity contribution in [2.45, 2.75) is 6.54 Å². The van der Waals surface area contributed by atoms with E-state index in [2.05, 4.69) is 4.98 Å². The minimum atomic E-state index is -0.417. The summed E-state index contributed by atoms with van der Waals surface area (Å²) in [6.07, 6.45) is 3.12. The summed E-state index contributed by atoms with van der Waals surface area (Å²) in [5.74, 6) is 0.723. The number of carbonyl (C=O) groups is 1. The highest BCUT2D eigenvalue weighted by Crippen LogP contribution is 2.38. The zero-order valence-corrected chi connectivity index (χ0v) is 19.8. The number of nitrogens with zero attached hydrogens (tertiary/aromatic N) is 2. The highest BCUT2D eigenvalue weighted by molar-refractivity contribution is 7.22. The number of halogens is 1. The molecule has 0 fully saturated rings. The minimum Gasteiger partial charge on any atom is -0.493 e. The predicted octanol–water partition coefficient (Wildman–Crippen LogP) is 5.71. The van der Waals surface area contributed by atoms with Crippen LogP contribution in [0, 0.1) is 5.82 Å². The number of anilines is 1. The molecule has 0 spiro atoms. The second-order valence-electron chi connectivity index (χ2n) is 7.29. The third-order valence-electron chi connectivity index (χ3n) is 5.14. The molecule has 34 heavy (non-hydrogen) atoms. The number of amides is 1. The summed E-state index contributed by atoms with van der Waals surface area (Å²) < 4.78 is 31.1. The van der Waals surface area contributed by atoms with Crippen LogP contribution in [-0.2, 0) is 11.3 Å². The van der Waals surface area contributed by atoms with Crippen molar-refractivity contribution in [3.05, 3.63) is 83.7 Å². The fraction of sp³-hybridized carbons (Fsp3) is 0.154. The maximum Gasteiger partial charge on any atom is 0.253 e. The van der Waals surface area contributed by atoms with Gasteiger partial charge in [-0.3, -0.25) is 9.69 Å². The quantitative estimate of drug-likeness (QED) is 0.304. The number of para-hydroxylation sites is 1. The van der Waals surface area contributed by atoms with E-state index < -0.39 is 5.82 Å². The number of methoxy groups -OCH3 is 3. The molecule has 8 heteroatoms. The number of rotatable bonds is 8. The average molecular weight is 479 g/mol. The summed E-state index contributed by atoms with van der Waals surface area (Å²) in [5.41, 5.74) is 1.87. The largest absolute Gasteiger partial charge is 0.493 e. The first-order valence-corrected chi connectivity index (χ1v) is 11.2. The number of aromatic nitrogens is 1. The summed E-state index contributed by atoms with van der Waals surface area (Å²) in [5, 5.41) is 0.420. The molecule has 174 valence electrons. The van der Waals surface area contributed by atoms with Gasteiger partial charge in [0.2, 0.25) is 5.75 Å². The van der Waals surface area contributed by atoms with Crippen molar-refractivity contribution in [2.75, 3.05) is 26.2 Å². The topological polar surface area (TPSA) is 60.9 Å². The fourth-order valence-corrected chi connectivity index (χ4v) is 4.46. The normalized spacial score (nSPS) is 11.1. The van der Waals surface area contributed by atoms with Gasteiger partial charge in [-0.2, -0.15) is 0 Å². The lowest BCUT2D eigenvalue weighted by Gasteiger charge is -2.18. The Balaban J connectivity index is 1.69. The van der Waals surface area contributed by atoms with Gasteiger partial charge in [-0.15, -0.1) is 0 Å². The predicted molar refractivity (Wildman–Crippen MR) is 132 cm³/mol. The van der Waals surface area contributed by atoms with E-state index >= 15 is 0 Å². The second kappa shape index (κ2) is 10.4. The molecule has 0 N–H and O–H groups in total. The highest BCUT2D eigenvalue weighted by atomic mass is 32.1. The van der Waals surface area contributed by atoms with Crippen LogP contribution in [0.3, 0.4) is 0 Å². The molecule has 4 aromatic rings. The van der Waals surface area contributed by atoms with Gasteiger partial charge in [0.05, 0.1) is 32.6 Å². The zero-order chi connectivity index (χ0) is 24.1. The average Bonchev–Trinajstić information content (AvgIpc) is 3.31. The molecule has 0 bridgehead atoms. The Morgan fingerprint density at radius 1 is 1.00 bits per heavy atom. The Morgan fingerprint density at radius 2 is 1.71 bits per heavy atom. The van der Waals surface area contributed by atoms with Crippen LogP contribution in [0.2, 0.25) is 0 Å². The van der Waals surface area contributed by atoms with Crippen molar-refractivity contribution in [1.29, 1.82) is 0 Å². The van der Waals surface area contributed by atoms with Crippen LogP contribution in [0.15, 0.2) is 66.7 Å². The number of hydrogen-bond acceptors (Lipinski definition) is 6. The summed E-state index contributed by atoms with van der Waals surface area (Å²) >= 11 is 1.27. The van der Waals surface area contributed by atoms with E-state index in [0.29, 0.717) is 39.2 Å². The Bertz CT molecular complexity index is 1310. The molecular formula is C26H23FN2O4S. The molecule has 0 aliphatic heterocycles. The standard InChI is InChI=1S/C26H23FN2O4S/c1-31-20-14-18(15-21(32-2)25(20)33-3)12-13-23(30)29(16-17-8-5-4-6-9-17)26-28-24-19(27)10-7-11-22(24)34-26/h4-15H,16H2,1-3H3/b13-12+. The number of fused-ring (bicyclic) bond motifs is 1. The van der Waals surface area contributed by atoms with Gasteiger partial charge < -0.3 is 14.2 Å². The Labute approximate surface area is 200 Å². The summed E-state index contributed by atoms with van der Waals surface area (Å²) in [7, 11) is 4.59. The first-order valence-electron chi connectivity index (χ1n) is 10.4. The van der Waals surface area contributed by atoms with Gasteiger partial charge in [-0.05, 0) is 41.5 Å². The third-order valence-corrected chi connectivity index (χ3v) is 6.19. The maximum atomic E-state index is 14.3. The molecular weight excluding hydrogens is 455 g/mol. The van der Waals surface area contributed by atoms with Crippen LogP contribution in [0.4, 0.5) is 9.52 Å². The van der Waals surface area contributed by atoms with Gasteiger partial charge in [0.25, 0.3) is 5.91 Å². The van der Waals surface area contributed by atoms with E-state index in [1.54, 1.807) is 30.3 Å². The van der Waals surface area contributed by atoms with Crippen molar-refractivity contribution >= 4 is 38.7 Å². The smallest absolute Gasteiger partial charge is 0.253 e. The number of thiazole rings is 1. The van der Waals surface area contributed by atoms with E-state index in [-0.39, 0.29) is 11.4 Å². The van der Waals surface area contributed by atoms with Crippen molar-refractivity contribution < 1.29 is 23.4 Å². The molecule has 0 aliphatic carbocycles. The second-order valence-corrected chi connectivity index (χ2v) is 8.29. The van der Waals surface area contributed by atoms with Gasteiger partial charge in [-0.25, -0.2) is 9.37 Å². The van der Waals surface area contributed by atoms with E-state index in [4.69, 9.17) is 14.2 Å². The van der Waals surface area contributed by atoms with E-state index in [1.165, 1.54) is 49.7 Å². The SMILES string of the molecule is COc1cc(/C=C/C(=O)N(Cc2ccccc2)c2nc3c(F)cccc3s2)cc(OC)c1OC. The maximum absolute atomic E-state index is 14.3. The number of benzene rings is 3. The monoisotopic (exact) mass is 478 g/mol. The van der Waals surface area contributed by atoms with Gasteiger partial charge in [0, 0.05) is 6.08 Å². The molecule has 0 unspecified atom stereocenters. The number of carbonyl (C=O) groups excluding carboxylic acids is 1. The zero-order valence-electron chi connectivity index (χ0n) is 18.9. The molecule has 4 rings (SSSR count). The van der Waals surface area contributed by atoms with E-state index in [9.17, 15) is 9.18 Å². The number of hydrogen-bond donors (Lipinski definition) is 0. The molecule has 6 nitrogen and oxygen atoms in total. The molecule has 3 aromatic carbocycles. The number of ether oxygens (including phenoxy) is 3. The van der Waals surface area contributed by atoms with E-state index in [0.717, 1.165) is 5.56 Å². The lowest BCUT2D eigenvalue weighted by Crippen LogP contribution is -2.28. The first kappa shape index (κ1) is 23.3. The minimum absolute atomic E-state index is 0.252. The van der Waals surface area contributed by atoms with Crippen LogP contribution in [0.1, 0.15) is 11.1 Å². The molecule has 0 radical (unpaired) electrons. The van der Waals surface area contributed by atoms with Crippen LogP contribution in [-0.4, -0.2) is 32.2 Å². The van der Waals surface area contributed by atoms with Crippen molar-refractivity contribution in [2.24, 2.45) is 0 Å². The van der Waals surface area contributed by atoms with Crippen molar-refractivity contribution in [1.82, 2.24) is 4.98 Å². The fourth-order valence-electron chi connectivity index (χ4n) is 3.48. The van der Waals surface area contributed by atoms with Gasteiger partial charge >= 0.3 is 0 Å². The third kappa shape index (κ3) is 4.87. The summed E-state index contributed by atoms with van der Waals surface area (Å²) in [6, 6.07) is 17.9. The summed E-state index contributed by atoms with van der Waals surface area (Å²) in [4.78, 5) is 19.3. The molecule has 1 aromatic heterocycles. The molecule has 0 saturated heterocycles. The highest BCUT2D eigenvalue weighted by Gasteiger charge is 2.20. The summed E-state index contributed by atoms with van der Waals surface area (Å²) in [6.45, 7) is 0.292. The van der Waals surface area contributed by atoms with Gasteiger partial charge in [0.15, 0.2) is 16.6 Å². The lowest BCUT2D eigenvalue weighted by atomic mass is 10.1. The van der Waals surface area contributed by atoms with E-state index in [1.807, 2.05) is 30.3 Å².